The predicted molar refractivity (Wildman–Crippen MR) is 104 cm³/mol. The van der Waals surface area contributed by atoms with Gasteiger partial charge in [0.2, 0.25) is 11.8 Å². The number of hydrogen-bond acceptors (Lipinski definition) is 6. The first-order chi connectivity index (χ1) is 13.4. The van der Waals surface area contributed by atoms with E-state index in [0.717, 1.165) is 11.8 Å². The van der Waals surface area contributed by atoms with Crippen LogP contribution in [0.25, 0.3) is 11.5 Å². The smallest absolute Gasteiger partial charge is 0.277 e. The second-order valence-corrected chi connectivity index (χ2v) is 6.92. The van der Waals surface area contributed by atoms with Gasteiger partial charge in [0.1, 0.15) is 5.82 Å². The molecule has 1 aromatic heterocycles. The van der Waals surface area contributed by atoms with Gasteiger partial charge in [0.25, 0.3) is 11.1 Å². The van der Waals surface area contributed by atoms with Gasteiger partial charge < -0.3 is 14.6 Å². The monoisotopic (exact) mass is 400 g/mol. The van der Waals surface area contributed by atoms with Crippen molar-refractivity contribution >= 4 is 29.3 Å². The number of nitrogens with zero attached hydrogens (tertiary/aromatic N) is 3. The maximum Gasteiger partial charge on any atom is 0.277 e. The van der Waals surface area contributed by atoms with E-state index in [1.165, 1.54) is 29.2 Å². The normalized spacial score (nSPS) is 10.5. The molecule has 0 spiro atoms. The maximum atomic E-state index is 13.0. The van der Waals surface area contributed by atoms with Crippen molar-refractivity contribution in [1.29, 1.82) is 0 Å². The summed E-state index contributed by atoms with van der Waals surface area (Å²) < 4.78 is 18.4. The van der Waals surface area contributed by atoms with E-state index in [4.69, 9.17) is 4.42 Å². The summed E-state index contributed by atoms with van der Waals surface area (Å²) in [5, 5.41) is 10.7. The van der Waals surface area contributed by atoms with Crippen molar-refractivity contribution in [2.24, 2.45) is 0 Å². The molecule has 0 saturated carbocycles. The van der Waals surface area contributed by atoms with Crippen molar-refractivity contribution in [2.45, 2.75) is 5.22 Å². The average Bonchev–Trinajstić information content (AvgIpc) is 3.16. The van der Waals surface area contributed by atoms with Crippen molar-refractivity contribution in [3.8, 4) is 11.5 Å². The molecule has 3 aromatic rings. The zero-order chi connectivity index (χ0) is 20.1. The van der Waals surface area contributed by atoms with Gasteiger partial charge in [0.05, 0.1) is 5.75 Å². The lowest BCUT2D eigenvalue weighted by molar-refractivity contribution is -0.113. The highest BCUT2D eigenvalue weighted by molar-refractivity contribution is 7.99. The van der Waals surface area contributed by atoms with Crippen LogP contribution in [0.2, 0.25) is 0 Å². The third kappa shape index (κ3) is 4.95. The average molecular weight is 400 g/mol. The van der Waals surface area contributed by atoms with Gasteiger partial charge in [0.15, 0.2) is 0 Å². The molecular weight excluding hydrogens is 383 g/mol. The molecule has 0 aliphatic heterocycles. The number of aromatic nitrogens is 2. The maximum absolute atomic E-state index is 13.0. The molecule has 1 heterocycles. The topological polar surface area (TPSA) is 88.3 Å². The van der Waals surface area contributed by atoms with Gasteiger partial charge in [-0.2, -0.15) is 0 Å². The number of thioether (sulfide) groups is 1. The molecule has 0 aliphatic carbocycles. The van der Waals surface area contributed by atoms with E-state index in [2.05, 4.69) is 15.5 Å². The highest BCUT2D eigenvalue weighted by Crippen LogP contribution is 2.23. The molecule has 2 amide bonds. The van der Waals surface area contributed by atoms with Gasteiger partial charge in [-0.25, -0.2) is 4.39 Å². The summed E-state index contributed by atoms with van der Waals surface area (Å²) in [5.74, 6) is -0.388. The summed E-state index contributed by atoms with van der Waals surface area (Å²) in [6, 6.07) is 12.3. The van der Waals surface area contributed by atoms with Crippen LogP contribution in [-0.2, 0) is 4.79 Å². The lowest BCUT2D eigenvalue weighted by Crippen LogP contribution is -2.21. The Bertz CT molecular complexity index is 972. The molecular formula is C19H17FN4O3S. The fraction of sp³-hybridized carbons (Fsp3) is 0.158. The molecule has 0 aliphatic rings. The van der Waals surface area contributed by atoms with Crippen LogP contribution in [0.5, 0.6) is 0 Å². The first-order valence-electron chi connectivity index (χ1n) is 8.26. The van der Waals surface area contributed by atoms with Crippen LogP contribution in [0.3, 0.4) is 0 Å². The predicted octanol–water partition coefficient (Wildman–Crippen LogP) is 3.31. The first-order valence-corrected chi connectivity index (χ1v) is 9.25. The molecule has 0 radical (unpaired) electrons. The molecule has 2 aromatic carbocycles. The molecule has 28 heavy (non-hydrogen) atoms. The molecule has 0 bridgehead atoms. The Hall–Kier alpha value is -3.20. The number of amides is 2. The molecule has 3 rings (SSSR count). The standard InChI is InChI=1S/C19H17FN4O3S/c1-24(2)18(26)13-5-9-15(10-6-13)21-16(25)11-28-19-23-22-17(27-19)12-3-7-14(20)8-4-12/h3-10H,11H2,1-2H3,(H,21,25). The van der Waals surface area contributed by atoms with E-state index in [1.54, 1.807) is 38.4 Å². The third-order valence-electron chi connectivity index (χ3n) is 3.65. The zero-order valence-corrected chi connectivity index (χ0v) is 16.0. The molecule has 7 nitrogen and oxygen atoms in total. The Kier molecular flexibility index (Phi) is 6.05. The van der Waals surface area contributed by atoms with Gasteiger partial charge in [-0.1, -0.05) is 11.8 Å². The molecule has 144 valence electrons. The zero-order valence-electron chi connectivity index (χ0n) is 15.2. The number of halogens is 1. The van der Waals surface area contributed by atoms with Gasteiger partial charge >= 0.3 is 0 Å². The summed E-state index contributed by atoms with van der Waals surface area (Å²) >= 11 is 1.09. The molecule has 1 N–H and O–H groups in total. The van der Waals surface area contributed by atoms with E-state index in [1.807, 2.05) is 0 Å². The molecule has 0 atom stereocenters. The Morgan fingerprint density at radius 2 is 1.75 bits per heavy atom. The van der Waals surface area contributed by atoms with Crippen LogP contribution < -0.4 is 5.32 Å². The lowest BCUT2D eigenvalue weighted by Gasteiger charge is -2.10. The van der Waals surface area contributed by atoms with Gasteiger partial charge in [-0.05, 0) is 48.5 Å². The van der Waals surface area contributed by atoms with Gasteiger partial charge in [-0.15, -0.1) is 10.2 Å². The quantitative estimate of drug-likeness (QED) is 0.639. The SMILES string of the molecule is CN(C)C(=O)c1ccc(NC(=O)CSc2nnc(-c3ccc(F)cc3)o2)cc1. The largest absolute Gasteiger partial charge is 0.411 e. The van der Waals surface area contributed by atoms with Crippen LogP contribution in [-0.4, -0.2) is 46.8 Å². The van der Waals surface area contributed by atoms with Crippen molar-refractivity contribution in [1.82, 2.24) is 15.1 Å². The Balaban J connectivity index is 1.53. The number of anilines is 1. The van der Waals surface area contributed by atoms with E-state index >= 15 is 0 Å². The lowest BCUT2D eigenvalue weighted by atomic mass is 10.2. The molecule has 0 unspecified atom stereocenters. The van der Waals surface area contributed by atoms with Crippen molar-refractivity contribution in [3.05, 3.63) is 59.9 Å². The summed E-state index contributed by atoms with van der Waals surface area (Å²) in [5.41, 5.74) is 1.72. The fourth-order valence-electron chi connectivity index (χ4n) is 2.26. The minimum atomic E-state index is -0.353. The van der Waals surface area contributed by atoms with Gasteiger partial charge in [-0.3, -0.25) is 9.59 Å². The van der Waals surface area contributed by atoms with Gasteiger partial charge in [0, 0.05) is 30.9 Å². The van der Waals surface area contributed by atoms with Crippen LogP contribution in [0.1, 0.15) is 10.4 Å². The van der Waals surface area contributed by atoms with E-state index in [0.29, 0.717) is 16.8 Å². The summed E-state index contributed by atoms with van der Waals surface area (Å²) in [6.45, 7) is 0. The Morgan fingerprint density at radius 3 is 2.39 bits per heavy atom. The summed E-state index contributed by atoms with van der Waals surface area (Å²) in [7, 11) is 3.35. The first kappa shape index (κ1) is 19.6. The third-order valence-corrected chi connectivity index (χ3v) is 4.46. The fourth-order valence-corrected chi connectivity index (χ4v) is 2.82. The van der Waals surface area contributed by atoms with Crippen molar-refractivity contribution < 1.29 is 18.4 Å². The highest BCUT2D eigenvalue weighted by atomic mass is 32.2. The second kappa shape index (κ2) is 8.66. The number of benzene rings is 2. The van der Waals surface area contributed by atoms with Crippen LogP contribution >= 0.6 is 11.8 Å². The van der Waals surface area contributed by atoms with Crippen LogP contribution in [0, 0.1) is 5.82 Å². The Labute approximate surface area is 164 Å². The van der Waals surface area contributed by atoms with E-state index in [9.17, 15) is 14.0 Å². The number of carbonyl (C=O) groups is 2. The number of carbonyl (C=O) groups excluding carboxylic acids is 2. The van der Waals surface area contributed by atoms with E-state index in [-0.39, 0.29) is 34.5 Å². The number of rotatable bonds is 6. The number of hydrogen-bond donors (Lipinski definition) is 1. The van der Waals surface area contributed by atoms with Crippen LogP contribution in [0.4, 0.5) is 10.1 Å². The second-order valence-electron chi connectivity index (χ2n) is 5.99. The molecule has 9 heteroatoms. The number of nitrogens with one attached hydrogen (secondary N) is 1. The van der Waals surface area contributed by atoms with Crippen molar-refractivity contribution in [2.75, 3.05) is 25.2 Å². The summed E-state index contributed by atoms with van der Waals surface area (Å²) in [4.78, 5) is 25.4. The minimum Gasteiger partial charge on any atom is -0.411 e. The molecule has 0 saturated heterocycles. The van der Waals surface area contributed by atoms with Crippen LogP contribution in [0.15, 0.2) is 58.2 Å². The van der Waals surface area contributed by atoms with E-state index < -0.39 is 0 Å². The highest BCUT2D eigenvalue weighted by Gasteiger charge is 2.12. The molecule has 0 fully saturated rings. The van der Waals surface area contributed by atoms with Crippen molar-refractivity contribution in [3.63, 3.8) is 0 Å². The minimum absolute atomic E-state index is 0.0728. The summed E-state index contributed by atoms with van der Waals surface area (Å²) in [6.07, 6.45) is 0. The Morgan fingerprint density at radius 1 is 1.07 bits per heavy atom.